The highest BCUT2D eigenvalue weighted by Crippen LogP contribution is 2.20. The van der Waals surface area contributed by atoms with Crippen molar-refractivity contribution in [3.8, 4) is 0 Å². The Hall–Kier alpha value is -1.52. The molecule has 0 spiro atoms. The number of carboxylic acids is 1. The zero-order chi connectivity index (χ0) is 13.8. The number of carbonyl (C=O) groups is 1. The van der Waals surface area contributed by atoms with E-state index in [4.69, 9.17) is 16.7 Å². The van der Waals surface area contributed by atoms with Gasteiger partial charge >= 0.3 is 5.97 Å². The topological polar surface area (TPSA) is 49.3 Å². The van der Waals surface area contributed by atoms with Crippen LogP contribution in [-0.2, 0) is 6.54 Å². The van der Waals surface area contributed by atoms with Crippen LogP contribution in [0.1, 0.15) is 15.9 Å². The molecule has 3 nitrogen and oxygen atoms in total. The minimum absolute atomic E-state index is 0.244. The lowest BCUT2D eigenvalue weighted by molar-refractivity contribution is 0.0697. The second-order valence-corrected chi connectivity index (χ2v) is 5.37. The quantitative estimate of drug-likeness (QED) is 0.866. The number of aromatic carboxylic acids is 1. The van der Waals surface area contributed by atoms with Gasteiger partial charge in [-0.2, -0.15) is 0 Å². The summed E-state index contributed by atoms with van der Waals surface area (Å²) in [6.07, 6.45) is 0. The zero-order valence-electron chi connectivity index (χ0n) is 9.86. The van der Waals surface area contributed by atoms with Crippen LogP contribution in [0.3, 0.4) is 0 Å². The highest BCUT2D eigenvalue weighted by Gasteiger charge is 2.05. The van der Waals surface area contributed by atoms with Crippen LogP contribution in [0.5, 0.6) is 0 Å². The van der Waals surface area contributed by atoms with Crippen molar-refractivity contribution < 1.29 is 9.90 Å². The highest BCUT2D eigenvalue weighted by atomic mass is 79.9. The van der Waals surface area contributed by atoms with Crippen LogP contribution in [-0.4, -0.2) is 11.1 Å². The zero-order valence-corrected chi connectivity index (χ0v) is 12.2. The first-order chi connectivity index (χ1) is 9.04. The fourth-order valence-electron chi connectivity index (χ4n) is 1.62. The number of rotatable bonds is 4. The van der Waals surface area contributed by atoms with Crippen molar-refractivity contribution in [2.24, 2.45) is 0 Å². The molecule has 19 heavy (non-hydrogen) atoms. The van der Waals surface area contributed by atoms with Crippen LogP contribution >= 0.6 is 27.5 Å². The maximum Gasteiger partial charge on any atom is 0.335 e. The first kappa shape index (κ1) is 13.9. The van der Waals surface area contributed by atoms with E-state index < -0.39 is 5.97 Å². The van der Waals surface area contributed by atoms with Crippen molar-refractivity contribution in [1.82, 2.24) is 0 Å². The summed E-state index contributed by atoms with van der Waals surface area (Å²) in [5, 5.41) is 12.9. The molecule has 0 saturated heterocycles. The number of nitrogens with one attached hydrogen (secondary N) is 1. The summed E-state index contributed by atoms with van der Waals surface area (Å²) in [6.45, 7) is 0.604. The van der Waals surface area contributed by atoms with Crippen molar-refractivity contribution in [2.75, 3.05) is 5.32 Å². The Morgan fingerprint density at radius 2 is 1.89 bits per heavy atom. The van der Waals surface area contributed by atoms with Gasteiger partial charge in [0.25, 0.3) is 0 Å². The van der Waals surface area contributed by atoms with Crippen molar-refractivity contribution in [3.05, 3.63) is 63.1 Å². The number of anilines is 1. The molecule has 2 N–H and O–H groups in total. The summed E-state index contributed by atoms with van der Waals surface area (Å²) in [4.78, 5) is 11.0. The monoisotopic (exact) mass is 339 g/mol. The van der Waals surface area contributed by atoms with E-state index in [0.29, 0.717) is 11.6 Å². The van der Waals surface area contributed by atoms with E-state index in [2.05, 4.69) is 21.2 Å². The molecule has 0 aliphatic carbocycles. The summed E-state index contributed by atoms with van der Waals surface area (Å²) >= 11 is 9.11. The first-order valence-corrected chi connectivity index (χ1v) is 6.74. The molecular formula is C14H11BrClNO2. The van der Waals surface area contributed by atoms with Crippen LogP contribution in [0.15, 0.2) is 46.9 Å². The van der Waals surface area contributed by atoms with Crippen LogP contribution in [0, 0.1) is 0 Å². The lowest BCUT2D eigenvalue weighted by Gasteiger charge is -2.08. The Kier molecular flexibility index (Phi) is 4.45. The van der Waals surface area contributed by atoms with E-state index in [1.54, 1.807) is 12.1 Å². The maximum absolute atomic E-state index is 11.0. The molecule has 0 saturated carbocycles. The van der Waals surface area contributed by atoms with Crippen LogP contribution < -0.4 is 5.32 Å². The number of halogens is 2. The minimum Gasteiger partial charge on any atom is -0.478 e. The summed E-state index contributed by atoms with van der Waals surface area (Å²) in [5.74, 6) is -0.948. The first-order valence-electron chi connectivity index (χ1n) is 5.57. The highest BCUT2D eigenvalue weighted by molar-refractivity contribution is 9.10. The standard InChI is InChI=1S/C14H11BrClNO2/c15-11-5-10(14(18)19)6-13(7-11)17-8-9-1-3-12(16)4-2-9/h1-7,17H,8H2,(H,18,19). The second kappa shape index (κ2) is 6.08. The summed E-state index contributed by atoms with van der Waals surface area (Å²) in [7, 11) is 0. The van der Waals surface area contributed by atoms with Crippen molar-refractivity contribution in [2.45, 2.75) is 6.54 Å². The summed E-state index contributed by atoms with van der Waals surface area (Å²) in [6, 6.07) is 12.5. The molecule has 0 aromatic heterocycles. The molecule has 0 bridgehead atoms. The van der Waals surface area contributed by atoms with Crippen LogP contribution in [0.25, 0.3) is 0 Å². The van der Waals surface area contributed by atoms with Gasteiger partial charge in [-0.15, -0.1) is 0 Å². The van der Waals surface area contributed by atoms with Gasteiger partial charge in [0.15, 0.2) is 0 Å². The molecule has 0 heterocycles. The van der Waals surface area contributed by atoms with E-state index in [0.717, 1.165) is 15.7 Å². The van der Waals surface area contributed by atoms with Gasteiger partial charge in [-0.25, -0.2) is 4.79 Å². The average molecular weight is 341 g/mol. The van der Waals surface area contributed by atoms with Crippen LogP contribution in [0.2, 0.25) is 5.02 Å². The Labute approximate surface area is 124 Å². The molecule has 0 aliphatic heterocycles. The largest absolute Gasteiger partial charge is 0.478 e. The second-order valence-electron chi connectivity index (χ2n) is 4.01. The number of hydrogen-bond donors (Lipinski definition) is 2. The average Bonchev–Trinajstić information content (AvgIpc) is 2.37. The Balaban J connectivity index is 2.11. The third-order valence-electron chi connectivity index (χ3n) is 2.55. The van der Waals surface area contributed by atoms with Crippen molar-refractivity contribution >= 4 is 39.2 Å². The van der Waals surface area contributed by atoms with Crippen molar-refractivity contribution in [1.29, 1.82) is 0 Å². The molecule has 98 valence electrons. The molecule has 0 radical (unpaired) electrons. The SMILES string of the molecule is O=C(O)c1cc(Br)cc(NCc2ccc(Cl)cc2)c1. The number of carboxylic acid groups (broad SMARTS) is 1. The Morgan fingerprint density at radius 3 is 2.53 bits per heavy atom. The smallest absolute Gasteiger partial charge is 0.335 e. The summed E-state index contributed by atoms with van der Waals surface area (Å²) in [5.41, 5.74) is 2.07. The Morgan fingerprint density at radius 1 is 1.21 bits per heavy atom. The molecule has 2 aromatic carbocycles. The van der Waals surface area contributed by atoms with Crippen molar-refractivity contribution in [3.63, 3.8) is 0 Å². The van der Waals surface area contributed by atoms with E-state index in [1.807, 2.05) is 30.3 Å². The fraction of sp³-hybridized carbons (Fsp3) is 0.0714. The van der Waals surface area contributed by atoms with E-state index in [9.17, 15) is 4.79 Å². The molecule has 5 heteroatoms. The molecule has 0 unspecified atom stereocenters. The predicted octanol–water partition coefficient (Wildman–Crippen LogP) is 4.41. The lowest BCUT2D eigenvalue weighted by atomic mass is 10.2. The molecule has 0 aliphatic rings. The van der Waals surface area contributed by atoms with E-state index in [1.165, 1.54) is 0 Å². The number of hydrogen-bond acceptors (Lipinski definition) is 2. The fourth-order valence-corrected chi connectivity index (χ4v) is 2.24. The van der Waals surface area contributed by atoms with Crippen LogP contribution in [0.4, 0.5) is 5.69 Å². The molecule has 2 aromatic rings. The van der Waals surface area contributed by atoms with Gasteiger partial charge in [0.2, 0.25) is 0 Å². The maximum atomic E-state index is 11.0. The predicted molar refractivity (Wildman–Crippen MR) is 79.9 cm³/mol. The van der Waals surface area contributed by atoms with Gasteiger partial charge in [0, 0.05) is 21.7 Å². The van der Waals surface area contributed by atoms with Gasteiger partial charge in [0.05, 0.1) is 5.56 Å². The molecule has 0 amide bonds. The molecular weight excluding hydrogens is 330 g/mol. The van der Waals surface area contributed by atoms with Gasteiger partial charge in [-0.3, -0.25) is 0 Å². The van der Waals surface area contributed by atoms with E-state index in [-0.39, 0.29) is 5.56 Å². The molecule has 0 fully saturated rings. The van der Waals surface area contributed by atoms with Gasteiger partial charge in [-0.05, 0) is 35.9 Å². The molecule has 0 atom stereocenters. The van der Waals surface area contributed by atoms with Gasteiger partial charge in [-0.1, -0.05) is 39.7 Å². The molecule has 2 rings (SSSR count). The lowest BCUT2D eigenvalue weighted by Crippen LogP contribution is -2.02. The Bertz CT molecular complexity index is 599. The van der Waals surface area contributed by atoms with Gasteiger partial charge < -0.3 is 10.4 Å². The van der Waals surface area contributed by atoms with E-state index >= 15 is 0 Å². The normalized spacial score (nSPS) is 10.2. The summed E-state index contributed by atoms with van der Waals surface area (Å²) < 4.78 is 0.728. The third-order valence-corrected chi connectivity index (χ3v) is 3.26. The minimum atomic E-state index is -0.948. The van der Waals surface area contributed by atoms with Gasteiger partial charge in [0.1, 0.15) is 0 Å². The number of benzene rings is 2. The third kappa shape index (κ3) is 3.98.